The third-order valence-electron chi connectivity index (χ3n) is 3.88. The Morgan fingerprint density at radius 2 is 1.74 bits per heavy atom. The van der Waals surface area contributed by atoms with Crippen molar-refractivity contribution in [3.8, 4) is 0 Å². The number of nitrogens with one attached hydrogen (secondary N) is 1. The molecule has 8 heteroatoms. The quantitative estimate of drug-likeness (QED) is 0.705. The Hall–Kier alpha value is -3.42. The molecule has 3 rings (SSSR count). The highest BCUT2D eigenvalue weighted by atomic mass is 19.4. The van der Waals surface area contributed by atoms with E-state index in [-0.39, 0.29) is 17.2 Å². The fourth-order valence-electron chi connectivity index (χ4n) is 2.46. The number of anilines is 1. The number of aryl methyl sites for hydroxylation is 1. The van der Waals surface area contributed by atoms with E-state index in [4.69, 9.17) is 0 Å². The zero-order valence-corrected chi connectivity index (χ0v) is 14.1. The molecule has 1 aromatic heterocycles. The van der Waals surface area contributed by atoms with Gasteiger partial charge in [-0.15, -0.1) is 0 Å². The molecule has 0 saturated carbocycles. The molecule has 0 aliphatic rings. The Bertz CT molecular complexity index is 992. The molecule has 0 aliphatic carbocycles. The van der Waals surface area contributed by atoms with Crippen molar-refractivity contribution in [2.45, 2.75) is 6.18 Å². The topological polar surface area (TPSA) is 64.0 Å². The summed E-state index contributed by atoms with van der Waals surface area (Å²) in [6.45, 7) is 0. The number of halogens is 3. The average Bonchev–Trinajstić information content (AvgIpc) is 3.07. The van der Waals surface area contributed by atoms with Crippen LogP contribution in [0.4, 0.5) is 18.9 Å². The van der Waals surface area contributed by atoms with Crippen LogP contribution in [-0.4, -0.2) is 21.2 Å². The van der Waals surface area contributed by atoms with E-state index in [9.17, 15) is 22.8 Å². The summed E-state index contributed by atoms with van der Waals surface area (Å²) in [6.07, 6.45) is -1.36. The second-order valence-corrected chi connectivity index (χ2v) is 5.80. The first-order valence-electron chi connectivity index (χ1n) is 7.86. The van der Waals surface area contributed by atoms with Gasteiger partial charge in [-0.3, -0.25) is 9.59 Å². The molecule has 0 radical (unpaired) electrons. The maximum absolute atomic E-state index is 12.8. The number of nitrogens with zero attached hydrogens (tertiary/aromatic N) is 2. The van der Waals surface area contributed by atoms with E-state index in [1.807, 2.05) is 0 Å². The van der Waals surface area contributed by atoms with E-state index in [0.717, 1.165) is 12.1 Å². The highest BCUT2D eigenvalue weighted by molar-refractivity contribution is 6.07. The minimum atomic E-state index is -4.52. The number of benzene rings is 2. The van der Waals surface area contributed by atoms with Gasteiger partial charge in [0.2, 0.25) is 5.78 Å². The van der Waals surface area contributed by atoms with E-state index in [2.05, 4.69) is 10.3 Å². The zero-order valence-electron chi connectivity index (χ0n) is 14.1. The molecule has 0 aliphatic heterocycles. The van der Waals surface area contributed by atoms with Crippen LogP contribution >= 0.6 is 0 Å². The molecule has 5 nitrogen and oxygen atoms in total. The molecule has 0 saturated heterocycles. The van der Waals surface area contributed by atoms with Crippen molar-refractivity contribution in [3.63, 3.8) is 0 Å². The zero-order chi connectivity index (χ0) is 19.6. The summed E-state index contributed by atoms with van der Waals surface area (Å²) < 4.78 is 39.8. The summed E-state index contributed by atoms with van der Waals surface area (Å²) in [6, 6.07) is 10.2. The summed E-state index contributed by atoms with van der Waals surface area (Å²) in [5.74, 6) is -0.682. The molecule has 138 valence electrons. The van der Waals surface area contributed by atoms with Gasteiger partial charge in [0.1, 0.15) is 0 Å². The molecule has 0 spiro atoms. The SMILES string of the molecule is Cn1ccnc1C(=O)c1ccc(NC(=O)c2cccc(C(F)(F)F)c2)cc1. The number of ketones is 1. The second-order valence-electron chi connectivity index (χ2n) is 5.80. The van der Waals surface area contributed by atoms with Gasteiger partial charge in [-0.2, -0.15) is 13.2 Å². The Labute approximate surface area is 152 Å². The highest BCUT2D eigenvalue weighted by Gasteiger charge is 2.30. The Balaban J connectivity index is 1.74. The first-order chi connectivity index (χ1) is 12.8. The van der Waals surface area contributed by atoms with Gasteiger partial charge in [0.25, 0.3) is 5.91 Å². The van der Waals surface area contributed by atoms with E-state index >= 15 is 0 Å². The fraction of sp³-hybridized carbons (Fsp3) is 0.105. The van der Waals surface area contributed by atoms with Crippen LogP contribution in [0.3, 0.4) is 0 Å². The maximum Gasteiger partial charge on any atom is 0.416 e. The predicted octanol–water partition coefficient (Wildman–Crippen LogP) is 3.92. The Morgan fingerprint density at radius 1 is 1.04 bits per heavy atom. The molecule has 1 amide bonds. The number of aromatic nitrogens is 2. The molecule has 0 fully saturated rings. The van der Waals surface area contributed by atoms with Crippen LogP contribution in [0.1, 0.15) is 32.1 Å². The predicted molar refractivity (Wildman–Crippen MR) is 92.5 cm³/mol. The van der Waals surface area contributed by atoms with Crippen molar-refractivity contribution in [1.82, 2.24) is 9.55 Å². The van der Waals surface area contributed by atoms with Gasteiger partial charge in [-0.25, -0.2) is 4.98 Å². The standard InChI is InChI=1S/C19H14F3N3O2/c1-25-10-9-23-17(25)16(26)12-5-7-15(8-6-12)24-18(27)13-3-2-4-14(11-13)19(20,21)22/h2-11H,1H3,(H,24,27). The van der Waals surface area contributed by atoms with E-state index < -0.39 is 17.6 Å². The van der Waals surface area contributed by atoms with Crippen LogP contribution in [-0.2, 0) is 13.2 Å². The van der Waals surface area contributed by atoms with Gasteiger partial charge in [0.15, 0.2) is 5.82 Å². The van der Waals surface area contributed by atoms with Crippen LogP contribution < -0.4 is 5.32 Å². The molecule has 1 N–H and O–H groups in total. The largest absolute Gasteiger partial charge is 0.416 e. The summed E-state index contributed by atoms with van der Waals surface area (Å²) in [5.41, 5.74) is -0.278. The normalized spacial score (nSPS) is 11.3. The van der Waals surface area contributed by atoms with Crippen molar-refractivity contribution >= 4 is 17.4 Å². The van der Waals surface area contributed by atoms with Gasteiger partial charge in [0, 0.05) is 36.3 Å². The number of alkyl halides is 3. The highest BCUT2D eigenvalue weighted by Crippen LogP contribution is 2.29. The maximum atomic E-state index is 12.8. The first kappa shape index (κ1) is 18.4. The van der Waals surface area contributed by atoms with Gasteiger partial charge in [-0.1, -0.05) is 6.07 Å². The van der Waals surface area contributed by atoms with Gasteiger partial charge in [-0.05, 0) is 42.5 Å². The lowest BCUT2D eigenvalue weighted by Crippen LogP contribution is -2.14. The molecule has 27 heavy (non-hydrogen) atoms. The van der Waals surface area contributed by atoms with Crippen LogP contribution in [0.5, 0.6) is 0 Å². The van der Waals surface area contributed by atoms with Crippen LogP contribution in [0.15, 0.2) is 60.9 Å². The lowest BCUT2D eigenvalue weighted by atomic mass is 10.1. The Kier molecular flexibility index (Phi) is 4.81. The van der Waals surface area contributed by atoms with Crippen LogP contribution in [0.2, 0.25) is 0 Å². The number of hydrogen-bond acceptors (Lipinski definition) is 3. The molecule has 3 aromatic rings. The average molecular weight is 373 g/mol. The molecular weight excluding hydrogens is 359 g/mol. The number of carbonyl (C=O) groups excluding carboxylic acids is 2. The summed E-state index contributed by atoms with van der Waals surface area (Å²) in [4.78, 5) is 28.5. The van der Waals surface area contributed by atoms with Gasteiger partial charge >= 0.3 is 6.18 Å². The van der Waals surface area contributed by atoms with Crippen molar-refractivity contribution in [1.29, 1.82) is 0 Å². The number of amides is 1. The lowest BCUT2D eigenvalue weighted by Gasteiger charge is -2.09. The number of imidazole rings is 1. The van der Waals surface area contributed by atoms with Crippen molar-refractivity contribution < 1.29 is 22.8 Å². The first-order valence-corrected chi connectivity index (χ1v) is 7.86. The molecule has 0 atom stereocenters. The third kappa shape index (κ3) is 4.05. The van der Waals surface area contributed by atoms with Crippen LogP contribution in [0.25, 0.3) is 0 Å². The smallest absolute Gasteiger partial charge is 0.331 e. The van der Waals surface area contributed by atoms with E-state index in [1.54, 1.807) is 17.8 Å². The molecule has 0 unspecified atom stereocenters. The molecular formula is C19H14F3N3O2. The third-order valence-corrected chi connectivity index (χ3v) is 3.88. The van der Waals surface area contributed by atoms with Gasteiger partial charge < -0.3 is 9.88 Å². The number of carbonyl (C=O) groups is 2. The summed E-state index contributed by atoms with van der Waals surface area (Å²) in [5, 5.41) is 2.51. The molecule has 2 aromatic carbocycles. The lowest BCUT2D eigenvalue weighted by molar-refractivity contribution is -0.137. The minimum Gasteiger partial charge on any atom is -0.331 e. The second kappa shape index (κ2) is 7.06. The van der Waals surface area contributed by atoms with Gasteiger partial charge in [0.05, 0.1) is 5.56 Å². The van der Waals surface area contributed by atoms with Crippen molar-refractivity contribution in [2.24, 2.45) is 7.05 Å². The number of hydrogen-bond donors (Lipinski definition) is 1. The number of rotatable bonds is 4. The van der Waals surface area contributed by atoms with Crippen molar-refractivity contribution in [3.05, 3.63) is 83.4 Å². The Morgan fingerprint density at radius 3 is 2.33 bits per heavy atom. The van der Waals surface area contributed by atoms with E-state index in [1.165, 1.54) is 42.6 Å². The minimum absolute atomic E-state index is 0.113. The van der Waals surface area contributed by atoms with Crippen molar-refractivity contribution in [2.75, 3.05) is 5.32 Å². The fourth-order valence-corrected chi connectivity index (χ4v) is 2.46. The monoisotopic (exact) mass is 373 g/mol. The molecule has 0 bridgehead atoms. The summed E-state index contributed by atoms with van der Waals surface area (Å²) >= 11 is 0. The molecule has 1 heterocycles. The summed E-state index contributed by atoms with van der Waals surface area (Å²) in [7, 11) is 1.70. The van der Waals surface area contributed by atoms with Crippen LogP contribution in [0, 0.1) is 0 Å². The van der Waals surface area contributed by atoms with E-state index in [0.29, 0.717) is 11.3 Å².